The predicted molar refractivity (Wildman–Crippen MR) is 127 cm³/mol. The number of hydrogen-bond donors (Lipinski definition) is 0. The number of rotatable bonds is 5. The molecule has 0 aromatic rings. The van der Waals surface area contributed by atoms with Gasteiger partial charge in [-0.3, -0.25) is 4.79 Å². The second kappa shape index (κ2) is 7.77. The molecule has 0 aromatic heterocycles. The molecule has 3 saturated carbocycles. The van der Waals surface area contributed by atoms with Gasteiger partial charge in [0.25, 0.3) is 0 Å². The summed E-state index contributed by atoms with van der Waals surface area (Å²) in [4.78, 5) is 12.7. The lowest BCUT2D eigenvalue weighted by molar-refractivity contribution is -0.132. The summed E-state index contributed by atoms with van der Waals surface area (Å²) >= 11 is 0. The third kappa shape index (κ3) is 3.36. The minimum absolute atomic E-state index is 0.234. The van der Waals surface area contributed by atoms with E-state index in [0.29, 0.717) is 11.2 Å². The van der Waals surface area contributed by atoms with Crippen molar-refractivity contribution >= 4 is 5.78 Å². The van der Waals surface area contributed by atoms with E-state index in [1.165, 1.54) is 56.9 Å². The Morgan fingerprint density at radius 3 is 2.40 bits per heavy atom. The maximum Gasteiger partial charge on any atom is 0.142 e. The normalized spacial score (nSPS) is 43.6. The van der Waals surface area contributed by atoms with Crippen molar-refractivity contribution in [1.82, 2.24) is 0 Å². The Hall–Kier alpha value is -0.590. The van der Waals surface area contributed by atoms with E-state index in [1.54, 1.807) is 0 Å². The Bertz CT molecular complexity index is 699. The van der Waals surface area contributed by atoms with Crippen molar-refractivity contribution in [1.29, 1.82) is 0 Å². The molecule has 30 heavy (non-hydrogen) atoms. The van der Waals surface area contributed by atoms with Crippen molar-refractivity contribution in [3.63, 3.8) is 0 Å². The Morgan fingerprint density at radius 1 is 0.967 bits per heavy atom. The van der Waals surface area contributed by atoms with Crippen LogP contribution >= 0.6 is 0 Å². The molecule has 1 nitrogen and oxygen atoms in total. The monoisotopic (exact) mass is 412 g/mol. The molecule has 0 bridgehead atoms. The van der Waals surface area contributed by atoms with Crippen molar-refractivity contribution in [2.45, 2.75) is 113 Å². The molecule has 1 heteroatoms. The lowest BCUT2D eigenvalue weighted by Crippen LogP contribution is -2.53. The number of fused-ring (bicyclic) bond motifs is 5. The van der Waals surface area contributed by atoms with E-state index in [9.17, 15) is 4.79 Å². The van der Waals surface area contributed by atoms with Crippen molar-refractivity contribution in [3.05, 3.63) is 11.6 Å². The first-order chi connectivity index (χ1) is 14.0. The van der Waals surface area contributed by atoms with Crippen LogP contribution in [0.25, 0.3) is 0 Å². The highest BCUT2D eigenvalue weighted by Gasteiger charge is 2.61. The molecule has 0 N–H and O–H groups in total. The molecule has 0 unspecified atom stereocenters. The Balaban J connectivity index is 1.54. The first-order valence-electron chi connectivity index (χ1n) is 13.3. The summed E-state index contributed by atoms with van der Waals surface area (Å²) in [6, 6.07) is 0. The number of allylic oxidation sites excluding steroid dienone is 2. The first kappa shape index (κ1) is 22.6. The zero-order valence-corrected chi connectivity index (χ0v) is 21.0. The van der Waals surface area contributed by atoms with Gasteiger partial charge in [-0.2, -0.15) is 0 Å². The fourth-order valence-corrected chi connectivity index (χ4v) is 9.24. The van der Waals surface area contributed by atoms with Gasteiger partial charge in [-0.1, -0.05) is 65.5 Å². The topological polar surface area (TPSA) is 17.1 Å². The summed E-state index contributed by atoms with van der Waals surface area (Å²) in [5.74, 6) is 5.69. The zero-order chi connectivity index (χ0) is 21.9. The average Bonchev–Trinajstić information content (AvgIpc) is 3.02. The smallest absolute Gasteiger partial charge is 0.142 e. The average molecular weight is 413 g/mol. The molecule has 4 rings (SSSR count). The predicted octanol–water partition coefficient (Wildman–Crippen LogP) is 8.23. The molecule has 0 aliphatic heterocycles. The molecule has 0 heterocycles. The first-order valence-corrected chi connectivity index (χ1v) is 13.3. The maximum atomic E-state index is 12.7. The van der Waals surface area contributed by atoms with E-state index in [1.807, 2.05) is 0 Å². The van der Waals surface area contributed by atoms with E-state index in [0.717, 1.165) is 48.3 Å². The number of carbonyl (C=O) groups is 1. The number of hydrogen-bond acceptors (Lipinski definition) is 1. The van der Waals surface area contributed by atoms with E-state index in [-0.39, 0.29) is 10.8 Å². The molecule has 7 atom stereocenters. The molecule has 4 aliphatic rings. The highest BCUT2D eigenvalue weighted by Crippen LogP contribution is 2.68. The molecule has 4 aliphatic carbocycles. The molecule has 0 saturated heterocycles. The minimum Gasteiger partial charge on any atom is -0.299 e. The van der Waals surface area contributed by atoms with Gasteiger partial charge >= 0.3 is 0 Å². The van der Waals surface area contributed by atoms with Gasteiger partial charge in [0.1, 0.15) is 5.78 Å². The van der Waals surface area contributed by atoms with Gasteiger partial charge < -0.3 is 0 Å². The van der Waals surface area contributed by atoms with Gasteiger partial charge in [0, 0.05) is 11.8 Å². The van der Waals surface area contributed by atoms with Crippen LogP contribution < -0.4 is 0 Å². The lowest BCUT2D eigenvalue weighted by atomic mass is 9.44. The fraction of sp³-hybridized carbons (Fsp3) is 0.897. The lowest BCUT2D eigenvalue weighted by Gasteiger charge is -2.60. The van der Waals surface area contributed by atoms with Crippen LogP contribution in [0.1, 0.15) is 113 Å². The van der Waals surface area contributed by atoms with Crippen LogP contribution in [-0.4, -0.2) is 5.78 Å². The summed E-state index contributed by atoms with van der Waals surface area (Å²) in [7, 11) is 0. The van der Waals surface area contributed by atoms with Crippen LogP contribution in [0.2, 0.25) is 0 Å². The van der Waals surface area contributed by atoms with Gasteiger partial charge in [0.2, 0.25) is 0 Å². The van der Waals surface area contributed by atoms with Gasteiger partial charge in [0.15, 0.2) is 0 Å². The summed E-state index contributed by atoms with van der Waals surface area (Å²) in [6.45, 7) is 16.9. The molecular formula is C29H48O. The Morgan fingerprint density at radius 2 is 1.70 bits per heavy atom. The molecular weight excluding hydrogens is 364 g/mol. The van der Waals surface area contributed by atoms with Crippen LogP contribution in [0.3, 0.4) is 0 Å². The Kier molecular flexibility index (Phi) is 5.85. The van der Waals surface area contributed by atoms with E-state index in [2.05, 4.69) is 54.5 Å². The van der Waals surface area contributed by atoms with Crippen LogP contribution in [0, 0.1) is 51.8 Å². The molecule has 0 spiro atoms. The van der Waals surface area contributed by atoms with Crippen LogP contribution in [0.5, 0.6) is 0 Å². The van der Waals surface area contributed by atoms with Crippen LogP contribution in [0.4, 0.5) is 0 Å². The van der Waals surface area contributed by atoms with Gasteiger partial charge in [-0.25, -0.2) is 0 Å². The Labute approximate surface area is 186 Å². The summed E-state index contributed by atoms with van der Waals surface area (Å²) in [6.07, 6.45) is 15.7. The van der Waals surface area contributed by atoms with Gasteiger partial charge in [-0.15, -0.1) is 0 Å². The molecule has 170 valence electrons. The van der Waals surface area contributed by atoms with Crippen LogP contribution in [-0.2, 0) is 4.79 Å². The van der Waals surface area contributed by atoms with Crippen LogP contribution in [0.15, 0.2) is 11.6 Å². The molecule has 0 amide bonds. The zero-order valence-electron chi connectivity index (χ0n) is 21.0. The van der Waals surface area contributed by atoms with Crippen molar-refractivity contribution in [2.24, 2.45) is 51.8 Å². The van der Waals surface area contributed by atoms with Crippen molar-refractivity contribution in [3.8, 4) is 0 Å². The number of carbonyl (C=O) groups excluding carboxylic acids is 1. The van der Waals surface area contributed by atoms with E-state index in [4.69, 9.17) is 0 Å². The summed E-state index contributed by atoms with van der Waals surface area (Å²) < 4.78 is 0. The highest BCUT2D eigenvalue weighted by molar-refractivity contribution is 5.89. The third-order valence-electron chi connectivity index (χ3n) is 10.9. The SMILES string of the molecule is CC(C)CCC[C@@H](C)[C@@H]1CC[C@@H]2[C@H]3CC=C4C(C)(C)C(=O)CC[C@]4(C)[C@@H]3CC[C@]21C. The molecule has 0 radical (unpaired) electrons. The summed E-state index contributed by atoms with van der Waals surface area (Å²) in [5.41, 5.74) is 2.10. The molecule has 0 aromatic carbocycles. The van der Waals surface area contributed by atoms with Crippen molar-refractivity contribution in [2.75, 3.05) is 0 Å². The van der Waals surface area contributed by atoms with E-state index < -0.39 is 0 Å². The van der Waals surface area contributed by atoms with Gasteiger partial charge in [0.05, 0.1) is 0 Å². The number of ketones is 1. The second-order valence-electron chi connectivity index (χ2n) is 13.2. The maximum absolute atomic E-state index is 12.7. The fourth-order valence-electron chi connectivity index (χ4n) is 9.24. The number of Topliss-reactive ketones (excluding diaryl/α,β-unsaturated/α-hetero) is 1. The largest absolute Gasteiger partial charge is 0.299 e. The second-order valence-corrected chi connectivity index (χ2v) is 13.2. The summed E-state index contributed by atoms with van der Waals surface area (Å²) in [5, 5.41) is 0. The standard InChI is InChI=1S/C29H48O/c1-19(2)9-8-10-20(3)22-12-13-23-21-11-14-25-27(4,5)26(30)16-18-29(25,7)24(21)15-17-28(22,23)6/h14,19-24H,8-13,15-18H2,1-7H3/t20-,21-,22+,23-,24-,28+,29-/m1/s1. The highest BCUT2D eigenvalue weighted by atomic mass is 16.1. The van der Waals surface area contributed by atoms with Crippen molar-refractivity contribution < 1.29 is 4.79 Å². The minimum atomic E-state index is -0.234. The third-order valence-corrected chi connectivity index (χ3v) is 10.9. The van der Waals surface area contributed by atoms with E-state index >= 15 is 0 Å². The van der Waals surface area contributed by atoms with Gasteiger partial charge in [-0.05, 0) is 98.7 Å². The molecule has 3 fully saturated rings. The quantitative estimate of drug-likeness (QED) is 0.415.